The molecular formula is C19H25N3O. The third-order valence-corrected chi connectivity index (χ3v) is 6.08. The summed E-state index contributed by atoms with van der Waals surface area (Å²) in [5, 5.41) is 3.33. The second-order valence-electron chi connectivity index (χ2n) is 7.89. The van der Waals surface area contributed by atoms with Crippen LogP contribution in [0.2, 0.25) is 0 Å². The smallest absolute Gasteiger partial charge is 0.255 e. The van der Waals surface area contributed by atoms with E-state index >= 15 is 0 Å². The molecule has 0 atom stereocenters. The van der Waals surface area contributed by atoms with Crippen LogP contribution in [0.1, 0.15) is 60.9 Å². The molecule has 4 saturated carbocycles. The van der Waals surface area contributed by atoms with Gasteiger partial charge in [-0.05, 0) is 75.2 Å². The number of aryl methyl sites for hydroxylation is 1. The van der Waals surface area contributed by atoms with Gasteiger partial charge in [-0.1, -0.05) is 6.58 Å². The van der Waals surface area contributed by atoms with Crippen LogP contribution < -0.4 is 5.32 Å². The highest BCUT2D eigenvalue weighted by Crippen LogP contribution is 2.53. The summed E-state index contributed by atoms with van der Waals surface area (Å²) in [7, 11) is 0. The van der Waals surface area contributed by atoms with Crippen LogP contribution in [0.3, 0.4) is 0 Å². The summed E-state index contributed by atoms with van der Waals surface area (Å²) >= 11 is 0. The van der Waals surface area contributed by atoms with Gasteiger partial charge in [0.05, 0.1) is 11.3 Å². The first-order valence-electron chi connectivity index (χ1n) is 8.81. The molecule has 0 spiro atoms. The van der Waals surface area contributed by atoms with E-state index in [1.165, 1.54) is 32.1 Å². The topological polar surface area (TPSA) is 54.9 Å². The van der Waals surface area contributed by atoms with Crippen molar-refractivity contribution in [3.8, 4) is 0 Å². The summed E-state index contributed by atoms with van der Waals surface area (Å²) in [6.45, 7) is 7.69. The minimum absolute atomic E-state index is 0.0273. The quantitative estimate of drug-likeness (QED) is 0.931. The van der Waals surface area contributed by atoms with E-state index in [9.17, 15) is 4.79 Å². The van der Waals surface area contributed by atoms with Crippen molar-refractivity contribution in [3.05, 3.63) is 29.9 Å². The number of carbonyl (C=O) groups is 1. The normalized spacial score (nSPS) is 34.4. The maximum atomic E-state index is 12.8. The fourth-order valence-corrected chi connectivity index (χ4v) is 5.35. The summed E-state index contributed by atoms with van der Waals surface area (Å²) in [6, 6.07) is 0.342. The molecule has 1 aromatic heterocycles. The number of rotatable bonds is 3. The first-order chi connectivity index (χ1) is 11.0. The van der Waals surface area contributed by atoms with Crippen LogP contribution in [0.15, 0.2) is 12.8 Å². The number of allylic oxidation sites excluding steroid dienone is 1. The van der Waals surface area contributed by atoms with Crippen molar-refractivity contribution in [2.45, 2.75) is 52.0 Å². The van der Waals surface area contributed by atoms with Crippen molar-refractivity contribution in [1.29, 1.82) is 0 Å². The summed E-state index contributed by atoms with van der Waals surface area (Å²) < 4.78 is 0. The number of amides is 1. The maximum absolute atomic E-state index is 12.8. The summed E-state index contributed by atoms with van der Waals surface area (Å²) in [6.07, 6.45) is 8.29. The van der Waals surface area contributed by atoms with E-state index in [4.69, 9.17) is 0 Å². The molecule has 4 aliphatic rings. The molecule has 4 heteroatoms. The molecule has 0 unspecified atom stereocenters. The first-order valence-corrected chi connectivity index (χ1v) is 8.81. The van der Waals surface area contributed by atoms with Crippen LogP contribution in [0.5, 0.6) is 0 Å². The first kappa shape index (κ1) is 14.9. The summed E-state index contributed by atoms with van der Waals surface area (Å²) in [5.41, 5.74) is 2.06. The van der Waals surface area contributed by atoms with Crippen LogP contribution in [0.4, 0.5) is 0 Å². The SMILES string of the molecule is C=C(C)c1nc(C)ncc1C(=O)NC1C2CC3CC(C2)CC1C3. The van der Waals surface area contributed by atoms with E-state index in [1.807, 2.05) is 13.8 Å². The fourth-order valence-electron chi connectivity index (χ4n) is 5.35. The zero-order valence-electron chi connectivity index (χ0n) is 14.0. The monoisotopic (exact) mass is 311 g/mol. The maximum Gasteiger partial charge on any atom is 0.255 e. The van der Waals surface area contributed by atoms with Gasteiger partial charge in [-0.15, -0.1) is 0 Å². The van der Waals surface area contributed by atoms with Gasteiger partial charge in [-0.25, -0.2) is 9.97 Å². The molecule has 4 bridgehead atoms. The van der Waals surface area contributed by atoms with Gasteiger partial charge in [0.1, 0.15) is 5.82 Å². The Bertz CT molecular complexity index is 639. The molecule has 23 heavy (non-hydrogen) atoms. The molecule has 1 N–H and O–H groups in total. The molecule has 0 aliphatic heterocycles. The largest absolute Gasteiger partial charge is 0.349 e. The molecule has 0 radical (unpaired) electrons. The lowest BCUT2D eigenvalue weighted by Gasteiger charge is -2.54. The molecule has 1 aromatic rings. The molecule has 122 valence electrons. The lowest BCUT2D eigenvalue weighted by atomic mass is 9.54. The van der Waals surface area contributed by atoms with Crippen LogP contribution in [0.25, 0.3) is 5.57 Å². The van der Waals surface area contributed by atoms with E-state index in [0.29, 0.717) is 35.0 Å². The van der Waals surface area contributed by atoms with Gasteiger partial charge in [-0.3, -0.25) is 4.79 Å². The Labute approximate surface area is 137 Å². The highest BCUT2D eigenvalue weighted by Gasteiger charge is 2.48. The molecule has 4 fully saturated rings. The zero-order valence-corrected chi connectivity index (χ0v) is 14.0. The number of nitrogens with zero attached hydrogens (tertiary/aromatic N) is 2. The second-order valence-corrected chi connectivity index (χ2v) is 7.89. The molecule has 5 rings (SSSR count). The fraction of sp³-hybridized carbons (Fsp3) is 0.632. The van der Waals surface area contributed by atoms with Gasteiger partial charge >= 0.3 is 0 Å². The summed E-state index contributed by atoms with van der Waals surface area (Å²) in [4.78, 5) is 21.5. The lowest BCUT2D eigenvalue weighted by molar-refractivity contribution is -0.0119. The standard InChI is InChI=1S/C19H25N3O/c1-10(2)17-16(9-20-11(3)21-17)19(23)22-18-14-5-12-4-13(7-14)8-15(18)6-12/h9,12-15,18H,1,4-8H2,2-3H3,(H,22,23). The molecule has 4 aliphatic carbocycles. The third kappa shape index (κ3) is 2.58. The number of hydrogen-bond donors (Lipinski definition) is 1. The van der Waals surface area contributed by atoms with Crippen molar-refractivity contribution < 1.29 is 4.79 Å². The predicted octanol–water partition coefficient (Wildman–Crippen LogP) is 3.37. The van der Waals surface area contributed by atoms with Gasteiger partial charge in [-0.2, -0.15) is 0 Å². The molecule has 0 aromatic carbocycles. The number of hydrogen-bond acceptors (Lipinski definition) is 3. The van der Waals surface area contributed by atoms with Crippen molar-refractivity contribution >= 4 is 11.5 Å². The molecule has 0 saturated heterocycles. The molecule has 1 heterocycles. The highest BCUT2D eigenvalue weighted by molar-refractivity contribution is 5.98. The van der Waals surface area contributed by atoms with Gasteiger partial charge < -0.3 is 5.32 Å². The van der Waals surface area contributed by atoms with Crippen LogP contribution in [0, 0.1) is 30.6 Å². The Morgan fingerprint density at radius 2 is 1.78 bits per heavy atom. The molecule has 1 amide bonds. The zero-order chi connectivity index (χ0) is 16.1. The number of carbonyl (C=O) groups excluding carboxylic acids is 1. The Hall–Kier alpha value is -1.71. The second kappa shape index (κ2) is 5.43. The van der Waals surface area contributed by atoms with E-state index < -0.39 is 0 Å². The molecular weight excluding hydrogens is 286 g/mol. The number of nitrogens with one attached hydrogen (secondary N) is 1. The van der Waals surface area contributed by atoms with Crippen molar-refractivity contribution in [2.24, 2.45) is 23.7 Å². The van der Waals surface area contributed by atoms with Crippen LogP contribution in [-0.4, -0.2) is 21.9 Å². The van der Waals surface area contributed by atoms with E-state index in [-0.39, 0.29) is 5.91 Å². The van der Waals surface area contributed by atoms with E-state index in [1.54, 1.807) is 6.20 Å². The van der Waals surface area contributed by atoms with Crippen molar-refractivity contribution in [3.63, 3.8) is 0 Å². The predicted molar refractivity (Wildman–Crippen MR) is 89.8 cm³/mol. The van der Waals surface area contributed by atoms with E-state index in [2.05, 4.69) is 21.9 Å². The average Bonchev–Trinajstić information content (AvgIpc) is 2.49. The third-order valence-electron chi connectivity index (χ3n) is 6.08. The van der Waals surface area contributed by atoms with Gasteiger partial charge in [0.25, 0.3) is 5.91 Å². The Morgan fingerprint density at radius 3 is 2.35 bits per heavy atom. The van der Waals surface area contributed by atoms with Gasteiger partial charge in [0, 0.05) is 12.2 Å². The van der Waals surface area contributed by atoms with Crippen molar-refractivity contribution in [2.75, 3.05) is 0 Å². The van der Waals surface area contributed by atoms with Gasteiger partial charge in [0.15, 0.2) is 0 Å². The van der Waals surface area contributed by atoms with Crippen LogP contribution in [-0.2, 0) is 0 Å². The summed E-state index contributed by atoms with van der Waals surface area (Å²) in [5.74, 6) is 3.83. The van der Waals surface area contributed by atoms with Gasteiger partial charge in [0.2, 0.25) is 0 Å². The minimum Gasteiger partial charge on any atom is -0.349 e. The average molecular weight is 311 g/mol. The Balaban J connectivity index is 1.56. The number of aromatic nitrogens is 2. The highest BCUT2D eigenvalue weighted by atomic mass is 16.1. The van der Waals surface area contributed by atoms with Crippen molar-refractivity contribution in [1.82, 2.24) is 15.3 Å². The van der Waals surface area contributed by atoms with Crippen LogP contribution >= 0.6 is 0 Å². The minimum atomic E-state index is -0.0273. The van der Waals surface area contributed by atoms with E-state index in [0.717, 1.165) is 17.4 Å². The Morgan fingerprint density at radius 1 is 1.17 bits per heavy atom. The molecule has 4 nitrogen and oxygen atoms in total. The Kier molecular flexibility index (Phi) is 3.51. The lowest BCUT2D eigenvalue weighted by Crippen LogP contribution is -2.55.